The van der Waals surface area contributed by atoms with E-state index in [0.717, 1.165) is 28.0 Å². The molecule has 0 saturated heterocycles. The van der Waals surface area contributed by atoms with Gasteiger partial charge in [0.05, 0.1) is 18.9 Å². The van der Waals surface area contributed by atoms with E-state index in [-0.39, 0.29) is 18.3 Å². The summed E-state index contributed by atoms with van der Waals surface area (Å²) in [6.07, 6.45) is 3.51. The zero-order valence-corrected chi connectivity index (χ0v) is 25.9. The summed E-state index contributed by atoms with van der Waals surface area (Å²) in [7, 11) is 0. The number of ether oxygens (including phenoxy) is 5. The molecule has 4 aromatic rings. The summed E-state index contributed by atoms with van der Waals surface area (Å²) in [6, 6.07) is 16.2. The number of aromatic nitrogens is 1. The SMILES string of the molecule is CC#CC(CC(=O)OCC)c1ccc(OCc2ccc3scc(-c4ccc(OCC5=COC(C)(C)O5)cc4C)c3c2)nc1. The van der Waals surface area contributed by atoms with Crippen molar-refractivity contribution in [3.05, 3.63) is 88.8 Å². The average molecular weight is 598 g/mol. The Kier molecular flexibility index (Phi) is 9.22. The minimum atomic E-state index is -0.649. The van der Waals surface area contributed by atoms with Crippen LogP contribution in [0.3, 0.4) is 0 Å². The number of hydrogen-bond acceptors (Lipinski definition) is 8. The molecule has 1 aliphatic heterocycles. The molecule has 0 aliphatic carbocycles. The molecular formula is C35H35NO6S. The average Bonchev–Trinajstić information content (AvgIpc) is 3.57. The van der Waals surface area contributed by atoms with Crippen LogP contribution in [0.4, 0.5) is 0 Å². The monoisotopic (exact) mass is 597 g/mol. The van der Waals surface area contributed by atoms with Gasteiger partial charge >= 0.3 is 5.97 Å². The Morgan fingerprint density at radius 3 is 2.63 bits per heavy atom. The van der Waals surface area contributed by atoms with Crippen LogP contribution in [0.1, 0.15) is 56.7 Å². The number of carbonyl (C=O) groups is 1. The van der Waals surface area contributed by atoms with Crippen LogP contribution >= 0.6 is 11.3 Å². The molecule has 222 valence electrons. The number of fused-ring (bicyclic) bond motifs is 1. The molecule has 1 unspecified atom stereocenters. The summed E-state index contributed by atoms with van der Waals surface area (Å²) < 4.78 is 29.5. The topological polar surface area (TPSA) is 76.1 Å². The van der Waals surface area contributed by atoms with Gasteiger partial charge < -0.3 is 23.7 Å². The summed E-state index contributed by atoms with van der Waals surface area (Å²) in [5.41, 5.74) is 5.35. The van der Waals surface area contributed by atoms with Gasteiger partial charge in [-0.15, -0.1) is 17.3 Å². The van der Waals surface area contributed by atoms with Gasteiger partial charge in [-0.1, -0.05) is 24.1 Å². The molecule has 0 amide bonds. The molecule has 0 spiro atoms. The quantitative estimate of drug-likeness (QED) is 0.128. The lowest BCUT2D eigenvalue weighted by Crippen LogP contribution is -2.21. The lowest BCUT2D eigenvalue weighted by molar-refractivity contribution is -0.143. The van der Waals surface area contributed by atoms with Gasteiger partial charge in [0.1, 0.15) is 25.2 Å². The Balaban J connectivity index is 1.25. The van der Waals surface area contributed by atoms with Crippen LogP contribution in [0.5, 0.6) is 11.6 Å². The van der Waals surface area contributed by atoms with Gasteiger partial charge in [0.25, 0.3) is 0 Å². The van der Waals surface area contributed by atoms with Gasteiger partial charge in [0, 0.05) is 41.8 Å². The third-order valence-electron chi connectivity index (χ3n) is 6.90. The molecule has 2 aromatic heterocycles. The van der Waals surface area contributed by atoms with Gasteiger partial charge in [-0.2, -0.15) is 0 Å². The van der Waals surface area contributed by atoms with Crippen LogP contribution in [0.15, 0.2) is 72.1 Å². The number of nitrogens with zero attached hydrogens (tertiary/aromatic N) is 1. The first-order chi connectivity index (χ1) is 20.7. The number of pyridine rings is 1. The second kappa shape index (κ2) is 13.2. The number of hydrogen-bond donors (Lipinski definition) is 0. The predicted octanol–water partition coefficient (Wildman–Crippen LogP) is 7.91. The van der Waals surface area contributed by atoms with E-state index in [1.165, 1.54) is 15.6 Å². The van der Waals surface area contributed by atoms with Crippen molar-refractivity contribution in [3.63, 3.8) is 0 Å². The zero-order valence-electron chi connectivity index (χ0n) is 25.1. The van der Waals surface area contributed by atoms with Crippen molar-refractivity contribution in [1.82, 2.24) is 4.98 Å². The van der Waals surface area contributed by atoms with Gasteiger partial charge in [-0.3, -0.25) is 4.79 Å². The fraction of sp³-hybridized carbons (Fsp3) is 0.314. The molecule has 0 fully saturated rings. The van der Waals surface area contributed by atoms with Crippen molar-refractivity contribution in [2.75, 3.05) is 13.2 Å². The van der Waals surface area contributed by atoms with E-state index in [1.807, 2.05) is 38.1 Å². The Morgan fingerprint density at radius 1 is 1.07 bits per heavy atom. The Morgan fingerprint density at radius 2 is 1.93 bits per heavy atom. The lowest BCUT2D eigenvalue weighted by atomic mass is 9.98. The van der Waals surface area contributed by atoms with Crippen LogP contribution < -0.4 is 9.47 Å². The molecule has 8 heteroatoms. The summed E-state index contributed by atoms with van der Waals surface area (Å²) in [4.78, 5) is 16.5. The van der Waals surface area contributed by atoms with Crippen molar-refractivity contribution in [3.8, 4) is 34.6 Å². The van der Waals surface area contributed by atoms with Gasteiger partial charge in [0.2, 0.25) is 11.7 Å². The molecule has 3 heterocycles. The Bertz CT molecular complexity index is 1690. The molecule has 5 rings (SSSR count). The molecule has 43 heavy (non-hydrogen) atoms. The second-order valence-corrected chi connectivity index (χ2v) is 11.5. The number of aryl methyl sites for hydroxylation is 1. The first-order valence-electron chi connectivity index (χ1n) is 14.2. The van der Waals surface area contributed by atoms with E-state index in [9.17, 15) is 4.79 Å². The van der Waals surface area contributed by atoms with E-state index in [2.05, 4.69) is 53.4 Å². The number of benzene rings is 2. The highest BCUT2D eigenvalue weighted by molar-refractivity contribution is 7.17. The normalized spacial score (nSPS) is 14.1. The molecule has 0 radical (unpaired) electrons. The van der Waals surface area contributed by atoms with Crippen LogP contribution in [-0.2, 0) is 25.6 Å². The fourth-order valence-corrected chi connectivity index (χ4v) is 5.79. The molecule has 1 aliphatic rings. The van der Waals surface area contributed by atoms with E-state index < -0.39 is 5.79 Å². The molecule has 0 saturated carbocycles. The summed E-state index contributed by atoms with van der Waals surface area (Å²) in [6.45, 7) is 10.4. The Hall–Kier alpha value is -4.48. The lowest BCUT2D eigenvalue weighted by Gasteiger charge is -2.18. The van der Waals surface area contributed by atoms with Gasteiger partial charge in [-0.05, 0) is 72.7 Å². The van der Waals surface area contributed by atoms with E-state index in [0.29, 0.717) is 31.5 Å². The highest BCUT2D eigenvalue weighted by Crippen LogP contribution is 2.37. The number of thiophene rings is 1. The largest absolute Gasteiger partial charge is 0.486 e. The molecule has 0 N–H and O–H groups in total. The minimum Gasteiger partial charge on any atom is -0.486 e. The molecule has 0 bridgehead atoms. The number of esters is 1. The summed E-state index contributed by atoms with van der Waals surface area (Å²) in [5, 5.41) is 3.37. The second-order valence-electron chi connectivity index (χ2n) is 10.6. The number of carbonyl (C=O) groups excluding carboxylic acids is 1. The summed E-state index contributed by atoms with van der Waals surface area (Å²) >= 11 is 1.72. The standard InChI is InChI=1S/C35H35NO6S/c1-6-8-25(17-34(37)38-7-2)26-10-14-33(36-18-26)40-19-24-9-13-32-30(16-24)31(22-43-32)29-12-11-27(15-23(29)3)39-20-28-21-41-35(4,5)42-28/h9-16,18,21-22,25H,7,17,19-20H2,1-5H3. The van der Waals surface area contributed by atoms with Crippen molar-refractivity contribution >= 4 is 27.4 Å². The third kappa shape index (κ3) is 7.49. The Labute approximate surface area is 256 Å². The minimum absolute atomic E-state index is 0.190. The smallest absolute Gasteiger partial charge is 0.307 e. The van der Waals surface area contributed by atoms with Gasteiger partial charge in [0.15, 0.2) is 5.76 Å². The first-order valence-corrected chi connectivity index (χ1v) is 15.1. The van der Waals surface area contributed by atoms with E-state index in [4.69, 9.17) is 23.7 Å². The molecule has 1 atom stereocenters. The van der Waals surface area contributed by atoms with Crippen molar-refractivity contribution in [2.24, 2.45) is 0 Å². The maximum Gasteiger partial charge on any atom is 0.307 e. The third-order valence-corrected chi connectivity index (χ3v) is 7.86. The molecule has 7 nitrogen and oxygen atoms in total. The van der Waals surface area contributed by atoms with Crippen molar-refractivity contribution in [2.45, 2.75) is 59.4 Å². The maximum atomic E-state index is 12.0. The van der Waals surface area contributed by atoms with Crippen molar-refractivity contribution < 1.29 is 28.5 Å². The molecule has 2 aromatic carbocycles. The van der Waals surface area contributed by atoms with Crippen LogP contribution in [0.25, 0.3) is 21.2 Å². The van der Waals surface area contributed by atoms with Crippen LogP contribution in [0, 0.1) is 18.8 Å². The van der Waals surface area contributed by atoms with Crippen LogP contribution in [-0.4, -0.2) is 30.0 Å². The van der Waals surface area contributed by atoms with Crippen molar-refractivity contribution in [1.29, 1.82) is 0 Å². The highest BCUT2D eigenvalue weighted by Gasteiger charge is 2.27. The number of rotatable bonds is 11. The van der Waals surface area contributed by atoms with Gasteiger partial charge in [-0.25, -0.2) is 4.98 Å². The fourth-order valence-electron chi connectivity index (χ4n) is 4.85. The summed E-state index contributed by atoms with van der Waals surface area (Å²) in [5.74, 6) is 6.73. The zero-order chi connectivity index (χ0) is 30.4. The van der Waals surface area contributed by atoms with E-state index in [1.54, 1.807) is 37.6 Å². The molecular weight excluding hydrogens is 562 g/mol. The van der Waals surface area contributed by atoms with Crippen LogP contribution in [0.2, 0.25) is 0 Å². The maximum absolute atomic E-state index is 12.0. The highest BCUT2D eigenvalue weighted by atomic mass is 32.1. The van der Waals surface area contributed by atoms with E-state index >= 15 is 0 Å². The predicted molar refractivity (Wildman–Crippen MR) is 168 cm³/mol. The first kappa shape index (κ1) is 30.0.